The van der Waals surface area contributed by atoms with Crippen LogP contribution < -0.4 is 27.0 Å². The van der Waals surface area contributed by atoms with Gasteiger partial charge in [-0.2, -0.15) is 10.2 Å². The summed E-state index contributed by atoms with van der Waals surface area (Å²) >= 11 is 25.1. The number of halogens is 4. The second kappa shape index (κ2) is 37.6. The van der Waals surface area contributed by atoms with E-state index in [9.17, 15) is 27.6 Å². The van der Waals surface area contributed by atoms with Crippen LogP contribution in [0.15, 0.2) is 285 Å². The van der Waals surface area contributed by atoms with Crippen molar-refractivity contribution in [2.75, 3.05) is 27.5 Å². The average Bonchev–Trinajstić information content (AvgIpc) is 1.44. The minimum Gasteiger partial charge on any atom is -0.409 e. The van der Waals surface area contributed by atoms with E-state index in [1.807, 2.05) is 175 Å². The van der Waals surface area contributed by atoms with Crippen LogP contribution in [0.2, 0.25) is 20.1 Å². The Hall–Kier alpha value is -13.1. The van der Waals surface area contributed by atoms with Crippen molar-refractivity contribution >= 4 is 108 Å². The van der Waals surface area contributed by atoms with Gasteiger partial charge in [0, 0.05) is 118 Å². The van der Waals surface area contributed by atoms with Gasteiger partial charge in [-0.1, -0.05) is 100 Å². The van der Waals surface area contributed by atoms with Gasteiger partial charge in [-0.3, -0.25) is 58.4 Å². The van der Waals surface area contributed by atoms with Gasteiger partial charge in [-0.15, -0.1) is 0 Å². The number of rotatable bonds is 19. The summed E-state index contributed by atoms with van der Waals surface area (Å²) in [5.74, 6) is -1.36. The van der Waals surface area contributed by atoms with Crippen LogP contribution in [0.4, 0.5) is 22.7 Å². The Kier molecular flexibility index (Phi) is 26.8. The zero-order chi connectivity index (χ0) is 78.4. The molecule has 556 valence electrons. The van der Waals surface area contributed by atoms with Crippen LogP contribution in [-0.2, 0) is 28.7 Å². The quantitative estimate of drug-likeness (QED) is 0.0190. The van der Waals surface area contributed by atoms with Gasteiger partial charge in [0.25, 0.3) is 23.6 Å². The molecule has 0 bridgehead atoms. The number of nitrogens with zero attached hydrogens (tertiary/aromatic N) is 11. The number of carbonyl (C=O) groups is 4. The van der Waals surface area contributed by atoms with E-state index in [-0.39, 0.29) is 40.9 Å². The molecule has 0 aliphatic heterocycles. The standard InChI is InChI=1S/C24H21ClN4O.C22H17ClN4O.C19H16ClN3O3S.C18H14ClN5O2/c1-16-13-17(2)29(28-16)15-18-6-8-19(9-7-18)24(30)27-20-10-11-22(25)21(14-20)23-5-3-4-12-26-23;23-20-10-9-18(14-19(20)21-4-1-2-11-24-21)26-22(28)17-7-5-16(6-8-17)15-27-13-3-12-25-27;1-27(25,26)12-15-6-5-13(11-22-15)19(24)23-14-7-8-17(20)16(10-14)18-4-2-3-9-21-18;19-14-6-5-12(9-13(14)15-3-1-2-8-21-15)23-18(25)11-4-7-16(22-10-11)17(20)24-26/h3-14H,15H2,1-2H3,(H,27,30);1-14H,15H2,(H,26,28);2-11H,12H2,1H3,(H,23,24);1-10,26H,(H2,20,24)(H,23,25). The van der Waals surface area contributed by atoms with Crippen LogP contribution in [0.3, 0.4) is 0 Å². The molecule has 28 heteroatoms. The Morgan fingerprint density at radius 2 is 0.820 bits per heavy atom. The molecule has 0 spiro atoms. The fourth-order valence-corrected chi connectivity index (χ4v) is 12.4. The second-order valence-electron chi connectivity index (χ2n) is 24.7. The number of aromatic nitrogens is 10. The van der Waals surface area contributed by atoms with E-state index in [0.717, 1.165) is 51.3 Å². The summed E-state index contributed by atoms with van der Waals surface area (Å²) in [4.78, 5) is 75.3. The van der Waals surface area contributed by atoms with Gasteiger partial charge in [-0.25, -0.2) is 8.42 Å². The maximum absolute atomic E-state index is 12.7. The van der Waals surface area contributed by atoms with Crippen molar-refractivity contribution in [2.45, 2.75) is 32.7 Å². The number of oxime groups is 1. The van der Waals surface area contributed by atoms with Crippen LogP contribution in [0.1, 0.15) is 75.3 Å². The van der Waals surface area contributed by atoms with E-state index >= 15 is 0 Å². The lowest BCUT2D eigenvalue weighted by Gasteiger charge is -2.10. The molecule has 0 aliphatic carbocycles. The maximum Gasteiger partial charge on any atom is 0.257 e. The smallest absolute Gasteiger partial charge is 0.257 e. The van der Waals surface area contributed by atoms with Gasteiger partial charge in [0.15, 0.2) is 15.7 Å². The summed E-state index contributed by atoms with van der Waals surface area (Å²) in [5.41, 5.74) is 20.5. The number of sulfone groups is 1. The molecule has 4 amide bonds. The van der Waals surface area contributed by atoms with Gasteiger partial charge in [-0.05, 0) is 207 Å². The number of benzene rings is 6. The van der Waals surface area contributed by atoms with E-state index in [1.165, 1.54) is 30.6 Å². The third-order valence-corrected chi connectivity index (χ3v) is 18.5. The molecule has 0 fully saturated rings. The van der Waals surface area contributed by atoms with Crippen molar-refractivity contribution in [3.05, 3.63) is 356 Å². The van der Waals surface area contributed by atoms with Gasteiger partial charge < -0.3 is 32.2 Å². The number of nitrogens with two attached hydrogens (primary N) is 1. The first kappa shape index (κ1) is 79.0. The lowest BCUT2D eigenvalue weighted by Crippen LogP contribution is -2.17. The third kappa shape index (κ3) is 22.5. The number of carbonyl (C=O) groups excluding carboxylic acids is 4. The minimum absolute atomic E-state index is 0.130. The van der Waals surface area contributed by atoms with Crippen LogP contribution in [-0.4, -0.2) is 98.8 Å². The molecule has 8 aromatic heterocycles. The molecule has 0 aliphatic rings. The summed E-state index contributed by atoms with van der Waals surface area (Å²) in [6.07, 6.45) is 14.2. The summed E-state index contributed by atoms with van der Waals surface area (Å²) < 4.78 is 26.4. The molecule has 0 saturated carbocycles. The molecule has 111 heavy (non-hydrogen) atoms. The van der Waals surface area contributed by atoms with Crippen LogP contribution in [0.5, 0.6) is 0 Å². The van der Waals surface area contributed by atoms with E-state index in [2.05, 4.69) is 66.5 Å². The fourth-order valence-electron chi connectivity index (χ4n) is 10.9. The highest BCUT2D eigenvalue weighted by Gasteiger charge is 2.17. The summed E-state index contributed by atoms with van der Waals surface area (Å²) in [6, 6.07) is 68.3. The Labute approximate surface area is 658 Å². The number of hydrogen-bond acceptors (Lipinski definition) is 16. The highest BCUT2D eigenvalue weighted by Crippen LogP contribution is 2.34. The molecule has 8 heterocycles. The van der Waals surface area contributed by atoms with Crippen molar-refractivity contribution in [3.63, 3.8) is 0 Å². The second-order valence-corrected chi connectivity index (χ2v) is 28.4. The number of aryl methyl sites for hydroxylation is 2. The minimum atomic E-state index is -3.18. The predicted octanol–water partition coefficient (Wildman–Crippen LogP) is 17.2. The first-order valence-electron chi connectivity index (χ1n) is 33.9. The Morgan fingerprint density at radius 3 is 1.14 bits per heavy atom. The maximum atomic E-state index is 12.7. The van der Waals surface area contributed by atoms with Gasteiger partial charge in [0.1, 0.15) is 5.69 Å². The Balaban J connectivity index is 0.000000147. The summed E-state index contributed by atoms with van der Waals surface area (Å²) in [5, 5.41) is 33.8. The molecule has 6 aromatic carbocycles. The molecule has 14 aromatic rings. The molecule has 0 unspecified atom stereocenters. The van der Waals surface area contributed by atoms with E-state index in [4.69, 9.17) is 57.3 Å². The van der Waals surface area contributed by atoms with Crippen molar-refractivity contribution in [2.24, 2.45) is 10.9 Å². The lowest BCUT2D eigenvalue weighted by molar-refractivity contribution is 0.101. The first-order chi connectivity index (χ1) is 53.6. The summed E-state index contributed by atoms with van der Waals surface area (Å²) in [7, 11) is -3.18. The normalized spacial score (nSPS) is 10.9. The van der Waals surface area contributed by atoms with Crippen molar-refractivity contribution in [1.82, 2.24) is 49.5 Å². The molecule has 0 radical (unpaired) electrons. The van der Waals surface area contributed by atoms with E-state index in [0.29, 0.717) is 106 Å². The summed E-state index contributed by atoms with van der Waals surface area (Å²) in [6.45, 7) is 5.35. The molecule has 7 N–H and O–H groups in total. The molecule has 23 nitrogen and oxygen atoms in total. The lowest BCUT2D eigenvalue weighted by atomic mass is 10.1. The van der Waals surface area contributed by atoms with Gasteiger partial charge in [0.2, 0.25) is 0 Å². The Bertz CT molecular complexity index is 5700. The zero-order valence-corrected chi connectivity index (χ0v) is 63.3. The topological polar surface area (TPSA) is 322 Å². The number of anilines is 4. The number of amides is 4. The number of pyridine rings is 6. The highest BCUT2D eigenvalue weighted by atomic mass is 35.5. The fraction of sp³-hybridized carbons (Fsp3) is 0.0723. The highest BCUT2D eigenvalue weighted by molar-refractivity contribution is 7.89. The monoisotopic (exact) mass is 1570 g/mol. The molecule has 0 saturated heterocycles. The molecule has 14 rings (SSSR count). The zero-order valence-electron chi connectivity index (χ0n) is 59.5. The SMILES string of the molecule is CS(=O)(=O)Cc1ccc(C(=O)Nc2ccc(Cl)c(-c3ccccn3)c2)cn1.Cc1cc(C)n(Cc2ccc(C(=O)Nc3ccc(Cl)c(-c4ccccn4)c3)cc2)n1.NC(=NO)c1ccc(C(=O)Nc2ccc(Cl)c(-c3ccccn3)c2)cn1.O=C(Nc1ccc(Cl)c(-c2ccccn2)c1)c1ccc(Cn2cccn2)cc1. The third-order valence-electron chi connectivity index (χ3n) is 16.3. The predicted molar refractivity (Wildman–Crippen MR) is 435 cm³/mol. The number of amidine groups is 1. The van der Waals surface area contributed by atoms with Crippen LogP contribution >= 0.6 is 46.4 Å². The molecular weight excluding hydrogens is 1510 g/mol. The molecular formula is C83H68Cl4N16O7S. The van der Waals surface area contributed by atoms with E-state index < -0.39 is 9.84 Å². The number of hydrogen-bond donors (Lipinski definition) is 6. The first-order valence-corrected chi connectivity index (χ1v) is 37.5. The molecule has 0 atom stereocenters. The number of nitrogens with one attached hydrogen (secondary N) is 4. The largest absolute Gasteiger partial charge is 0.409 e. The van der Waals surface area contributed by atoms with Crippen LogP contribution in [0.25, 0.3) is 45.0 Å². The average molecular weight is 1580 g/mol. The van der Waals surface area contributed by atoms with Crippen molar-refractivity contribution in [1.29, 1.82) is 0 Å². The van der Waals surface area contributed by atoms with Crippen molar-refractivity contribution < 1.29 is 32.8 Å². The van der Waals surface area contributed by atoms with Gasteiger partial charge >= 0.3 is 0 Å². The van der Waals surface area contributed by atoms with Crippen molar-refractivity contribution in [3.8, 4) is 45.0 Å². The van der Waals surface area contributed by atoms with E-state index in [1.54, 1.807) is 97.7 Å². The van der Waals surface area contributed by atoms with Crippen LogP contribution in [0, 0.1) is 13.8 Å². The Morgan fingerprint density at radius 1 is 0.441 bits per heavy atom. The van der Waals surface area contributed by atoms with Gasteiger partial charge in [0.05, 0.1) is 84.2 Å².